The van der Waals surface area contributed by atoms with Crippen LogP contribution in [0.3, 0.4) is 0 Å². The van der Waals surface area contributed by atoms with E-state index in [1.54, 1.807) is 6.07 Å². The van der Waals surface area contributed by atoms with Gasteiger partial charge >= 0.3 is 0 Å². The molecule has 0 amide bonds. The number of aromatic nitrogens is 1. The van der Waals surface area contributed by atoms with Gasteiger partial charge in [0.2, 0.25) is 5.95 Å². The van der Waals surface area contributed by atoms with Crippen LogP contribution in [-0.2, 0) is 6.54 Å². The normalized spacial score (nSPS) is 20.8. The fraction of sp³-hybridized carbons (Fsp3) is 0.643. The molecule has 0 spiro atoms. The van der Waals surface area contributed by atoms with E-state index in [0.29, 0.717) is 0 Å². The number of likely N-dealkylation sites (N-methyl/N-ethyl adjacent to an activating group) is 2. The second kappa shape index (κ2) is 6.93. The summed E-state index contributed by atoms with van der Waals surface area (Å²) in [6, 6.07) is 5.01. The lowest BCUT2D eigenvalue weighted by Crippen LogP contribution is -2.34. The first-order valence-corrected chi connectivity index (χ1v) is 6.84. The summed E-state index contributed by atoms with van der Waals surface area (Å²) in [5.74, 6) is -0.393. The molecule has 0 N–H and O–H groups in total. The zero-order valence-corrected chi connectivity index (χ0v) is 11.8. The Labute approximate surface area is 114 Å². The minimum absolute atomic E-state index is 0.393. The summed E-state index contributed by atoms with van der Waals surface area (Å²) in [4.78, 5) is 11.0. The van der Waals surface area contributed by atoms with Crippen LogP contribution < -0.4 is 0 Å². The first-order valence-electron chi connectivity index (χ1n) is 6.84. The molecule has 0 bridgehead atoms. The van der Waals surface area contributed by atoms with Crippen molar-refractivity contribution in [2.45, 2.75) is 6.54 Å². The number of pyridine rings is 1. The summed E-state index contributed by atoms with van der Waals surface area (Å²) in [7, 11) is 4.30. The van der Waals surface area contributed by atoms with Crippen LogP contribution in [0.15, 0.2) is 18.2 Å². The first kappa shape index (κ1) is 14.4. The summed E-state index contributed by atoms with van der Waals surface area (Å²) in [6.07, 6.45) is 0. The molecule has 4 nitrogen and oxygen atoms in total. The average Bonchev–Trinajstić information content (AvgIpc) is 2.45. The molecule has 19 heavy (non-hydrogen) atoms. The van der Waals surface area contributed by atoms with E-state index in [9.17, 15) is 4.39 Å². The summed E-state index contributed by atoms with van der Waals surface area (Å²) >= 11 is 0. The average molecular weight is 266 g/mol. The third-order valence-corrected chi connectivity index (χ3v) is 3.62. The summed E-state index contributed by atoms with van der Waals surface area (Å²) < 4.78 is 13.1. The van der Waals surface area contributed by atoms with Crippen molar-refractivity contribution in [3.8, 4) is 0 Å². The predicted molar refractivity (Wildman–Crippen MR) is 74.5 cm³/mol. The topological polar surface area (TPSA) is 22.6 Å². The van der Waals surface area contributed by atoms with Gasteiger partial charge in [0.15, 0.2) is 0 Å². The van der Waals surface area contributed by atoms with Gasteiger partial charge in [0, 0.05) is 45.8 Å². The fourth-order valence-corrected chi connectivity index (χ4v) is 2.23. The highest BCUT2D eigenvalue weighted by atomic mass is 19.1. The van der Waals surface area contributed by atoms with Crippen LogP contribution in [0.5, 0.6) is 0 Å². The van der Waals surface area contributed by atoms with Crippen LogP contribution in [0.4, 0.5) is 4.39 Å². The number of hydrogen-bond acceptors (Lipinski definition) is 4. The van der Waals surface area contributed by atoms with Gasteiger partial charge in [-0.3, -0.25) is 4.90 Å². The van der Waals surface area contributed by atoms with Crippen molar-refractivity contribution in [1.29, 1.82) is 0 Å². The van der Waals surface area contributed by atoms with Crippen molar-refractivity contribution >= 4 is 0 Å². The van der Waals surface area contributed by atoms with E-state index in [0.717, 1.165) is 51.5 Å². The van der Waals surface area contributed by atoms with Crippen molar-refractivity contribution in [3.05, 3.63) is 29.8 Å². The Hall–Kier alpha value is -1.04. The van der Waals surface area contributed by atoms with Gasteiger partial charge in [-0.15, -0.1) is 0 Å². The van der Waals surface area contributed by atoms with E-state index in [2.05, 4.69) is 33.8 Å². The lowest BCUT2D eigenvalue weighted by molar-refractivity contribution is 0.225. The smallest absolute Gasteiger partial charge is 0.213 e. The van der Waals surface area contributed by atoms with Crippen molar-refractivity contribution in [1.82, 2.24) is 19.7 Å². The number of hydrogen-bond donors (Lipinski definition) is 0. The van der Waals surface area contributed by atoms with Gasteiger partial charge in [0.25, 0.3) is 0 Å². The lowest BCUT2D eigenvalue weighted by atomic mass is 10.3. The third-order valence-electron chi connectivity index (χ3n) is 3.62. The SMILES string of the molecule is CN1CCN(C)CCN(Cc2cccc(F)n2)CC1. The Morgan fingerprint density at radius 3 is 2.16 bits per heavy atom. The molecule has 1 fully saturated rings. The largest absolute Gasteiger partial charge is 0.304 e. The molecule has 1 saturated heterocycles. The molecule has 2 heterocycles. The summed E-state index contributed by atoms with van der Waals surface area (Å²) in [5, 5.41) is 0. The minimum atomic E-state index is -0.393. The van der Waals surface area contributed by atoms with E-state index in [-0.39, 0.29) is 0 Å². The van der Waals surface area contributed by atoms with Crippen molar-refractivity contribution in [3.63, 3.8) is 0 Å². The number of halogens is 1. The van der Waals surface area contributed by atoms with Gasteiger partial charge in [0.1, 0.15) is 0 Å². The van der Waals surface area contributed by atoms with Crippen LogP contribution in [0.1, 0.15) is 5.69 Å². The highest BCUT2D eigenvalue weighted by molar-refractivity contribution is 5.04. The monoisotopic (exact) mass is 266 g/mol. The van der Waals surface area contributed by atoms with E-state index in [4.69, 9.17) is 0 Å². The quantitative estimate of drug-likeness (QED) is 0.742. The molecular weight excluding hydrogens is 243 g/mol. The van der Waals surface area contributed by atoms with Gasteiger partial charge < -0.3 is 9.80 Å². The number of rotatable bonds is 2. The van der Waals surface area contributed by atoms with Crippen molar-refractivity contribution in [2.24, 2.45) is 0 Å². The predicted octanol–water partition coefficient (Wildman–Crippen LogP) is 0.900. The molecule has 0 radical (unpaired) electrons. The van der Waals surface area contributed by atoms with Crippen LogP contribution in [0, 0.1) is 5.95 Å². The molecule has 106 valence electrons. The fourth-order valence-electron chi connectivity index (χ4n) is 2.23. The van der Waals surface area contributed by atoms with Gasteiger partial charge in [-0.05, 0) is 26.2 Å². The highest BCUT2D eigenvalue weighted by Gasteiger charge is 2.13. The van der Waals surface area contributed by atoms with E-state index >= 15 is 0 Å². The number of nitrogens with zero attached hydrogens (tertiary/aromatic N) is 4. The van der Waals surface area contributed by atoms with Gasteiger partial charge in [-0.25, -0.2) is 4.98 Å². The summed E-state index contributed by atoms with van der Waals surface area (Å²) in [5.41, 5.74) is 0.810. The molecule has 0 aromatic carbocycles. The molecule has 0 unspecified atom stereocenters. The molecule has 1 aromatic rings. The Morgan fingerprint density at radius 1 is 1.00 bits per heavy atom. The van der Waals surface area contributed by atoms with Crippen LogP contribution in [-0.4, -0.2) is 73.0 Å². The van der Waals surface area contributed by atoms with E-state index < -0.39 is 5.95 Å². The molecule has 2 rings (SSSR count). The van der Waals surface area contributed by atoms with Crippen molar-refractivity contribution < 1.29 is 4.39 Å². The zero-order chi connectivity index (χ0) is 13.7. The molecule has 1 aliphatic heterocycles. The molecule has 1 aliphatic rings. The maximum atomic E-state index is 13.1. The Morgan fingerprint density at radius 2 is 1.58 bits per heavy atom. The standard InChI is InChI=1S/C14H23FN4/c1-17-6-7-18(2)9-11-19(10-8-17)12-13-4-3-5-14(15)16-13/h3-5H,6-12H2,1-2H3. The maximum Gasteiger partial charge on any atom is 0.213 e. The van der Waals surface area contributed by atoms with Crippen LogP contribution in [0.2, 0.25) is 0 Å². The van der Waals surface area contributed by atoms with E-state index in [1.807, 2.05) is 6.07 Å². The van der Waals surface area contributed by atoms with Gasteiger partial charge in [-0.2, -0.15) is 4.39 Å². The molecule has 0 aliphatic carbocycles. The van der Waals surface area contributed by atoms with E-state index in [1.165, 1.54) is 6.07 Å². The first-order chi connectivity index (χ1) is 9.13. The maximum absolute atomic E-state index is 13.1. The second-order valence-electron chi connectivity index (χ2n) is 5.33. The van der Waals surface area contributed by atoms with Gasteiger partial charge in [0.05, 0.1) is 5.69 Å². The second-order valence-corrected chi connectivity index (χ2v) is 5.33. The molecular formula is C14H23FN4. The molecule has 0 saturated carbocycles. The van der Waals surface area contributed by atoms with Crippen LogP contribution in [0.25, 0.3) is 0 Å². The lowest BCUT2D eigenvalue weighted by Gasteiger charge is -2.23. The zero-order valence-electron chi connectivity index (χ0n) is 11.8. The highest BCUT2D eigenvalue weighted by Crippen LogP contribution is 2.05. The summed E-state index contributed by atoms with van der Waals surface area (Å²) in [6.45, 7) is 7.02. The Balaban J connectivity index is 1.96. The van der Waals surface area contributed by atoms with Gasteiger partial charge in [-0.1, -0.05) is 6.07 Å². The molecule has 0 atom stereocenters. The molecule has 1 aromatic heterocycles. The van der Waals surface area contributed by atoms with Crippen molar-refractivity contribution in [2.75, 3.05) is 53.4 Å². The Kier molecular flexibility index (Phi) is 5.24. The van der Waals surface area contributed by atoms with Crippen LogP contribution >= 0.6 is 0 Å². The molecule has 5 heteroatoms. The third kappa shape index (κ3) is 4.86. The minimum Gasteiger partial charge on any atom is -0.304 e. The Bertz CT molecular complexity index is 385.